The third-order valence-corrected chi connectivity index (χ3v) is 5.79. The molecule has 6 nitrogen and oxygen atoms in total. The molecule has 2 amide bonds. The largest absolute Gasteiger partial charge is 0.463 e. The summed E-state index contributed by atoms with van der Waals surface area (Å²) in [6.45, 7) is 13.9. The number of carbonyl (C=O) groups is 3. The highest BCUT2D eigenvalue weighted by Gasteiger charge is 2.34. The predicted molar refractivity (Wildman–Crippen MR) is 117 cm³/mol. The number of unbranched alkanes of at least 4 members (excludes halogenated alkanes) is 1. The fourth-order valence-electron chi connectivity index (χ4n) is 3.51. The molecule has 0 rings (SSSR count). The first-order chi connectivity index (χ1) is 13.6. The summed E-state index contributed by atoms with van der Waals surface area (Å²) >= 11 is 0. The van der Waals surface area contributed by atoms with E-state index in [0.717, 1.165) is 32.1 Å². The lowest BCUT2D eigenvalue weighted by Crippen LogP contribution is -2.48. The number of carbonyl (C=O) groups excluding carboxylic acids is 3. The van der Waals surface area contributed by atoms with Gasteiger partial charge in [-0.05, 0) is 39.0 Å². The maximum Gasteiger partial charge on any atom is 0.333 e. The third-order valence-electron chi connectivity index (χ3n) is 5.79. The van der Waals surface area contributed by atoms with E-state index in [0.29, 0.717) is 12.2 Å². The SMILES string of the molecule is CCCCC(CC)(CC)C(=O)NCC(=O)N(C)[C@H](/C=C(\C)C(=O)OCC)C(C)C. The van der Waals surface area contributed by atoms with Gasteiger partial charge >= 0.3 is 5.97 Å². The third kappa shape index (κ3) is 8.19. The second-order valence-corrected chi connectivity index (χ2v) is 8.08. The van der Waals surface area contributed by atoms with Crippen LogP contribution in [-0.4, -0.2) is 48.9 Å². The first-order valence-corrected chi connectivity index (χ1v) is 11.0. The van der Waals surface area contributed by atoms with Gasteiger partial charge < -0.3 is 15.0 Å². The maximum atomic E-state index is 12.8. The zero-order valence-corrected chi connectivity index (χ0v) is 19.8. The molecule has 0 bridgehead atoms. The molecule has 29 heavy (non-hydrogen) atoms. The van der Waals surface area contributed by atoms with E-state index in [2.05, 4.69) is 12.2 Å². The molecule has 0 radical (unpaired) electrons. The molecular formula is C23H42N2O4. The number of nitrogens with zero attached hydrogens (tertiary/aromatic N) is 1. The van der Waals surface area contributed by atoms with E-state index in [1.807, 2.05) is 27.7 Å². The van der Waals surface area contributed by atoms with Crippen molar-refractivity contribution in [1.29, 1.82) is 0 Å². The van der Waals surface area contributed by atoms with E-state index in [1.54, 1.807) is 31.9 Å². The Morgan fingerprint density at radius 3 is 2.14 bits per heavy atom. The van der Waals surface area contributed by atoms with Crippen LogP contribution in [0.25, 0.3) is 0 Å². The van der Waals surface area contributed by atoms with Crippen LogP contribution in [0.4, 0.5) is 0 Å². The van der Waals surface area contributed by atoms with Gasteiger partial charge in [-0.25, -0.2) is 4.79 Å². The van der Waals surface area contributed by atoms with E-state index in [-0.39, 0.29) is 36.3 Å². The van der Waals surface area contributed by atoms with Crippen LogP contribution in [0.2, 0.25) is 0 Å². The number of rotatable bonds is 13. The van der Waals surface area contributed by atoms with Crippen LogP contribution in [0.5, 0.6) is 0 Å². The number of amides is 2. The number of likely N-dealkylation sites (N-methyl/N-ethyl adjacent to an activating group) is 1. The molecule has 0 fully saturated rings. The van der Waals surface area contributed by atoms with Crippen molar-refractivity contribution in [2.24, 2.45) is 11.3 Å². The second kappa shape index (κ2) is 13.4. The Kier molecular flexibility index (Phi) is 12.5. The van der Waals surface area contributed by atoms with Crippen molar-refractivity contribution in [2.45, 2.75) is 86.6 Å². The maximum absolute atomic E-state index is 12.8. The second-order valence-electron chi connectivity index (χ2n) is 8.08. The number of nitrogens with one attached hydrogen (secondary N) is 1. The topological polar surface area (TPSA) is 75.7 Å². The summed E-state index contributed by atoms with van der Waals surface area (Å²) in [6.07, 6.45) is 6.16. The minimum Gasteiger partial charge on any atom is -0.463 e. The van der Waals surface area contributed by atoms with Crippen molar-refractivity contribution < 1.29 is 19.1 Å². The monoisotopic (exact) mass is 410 g/mol. The molecule has 0 aliphatic rings. The van der Waals surface area contributed by atoms with Gasteiger partial charge in [0.2, 0.25) is 11.8 Å². The number of hydrogen-bond donors (Lipinski definition) is 1. The summed E-state index contributed by atoms with van der Waals surface area (Å²) in [5.74, 6) is -0.489. The molecular weight excluding hydrogens is 368 g/mol. The van der Waals surface area contributed by atoms with Crippen LogP contribution in [0.3, 0.4) is 0 Å². The van der Waals surface area contributed by atoms with Crippen LogP contribution in [0, 0.1) is 11.3 Å². The molecule has 0 aliphatic heterocycles. The van der Waals surface area contributed by atoms with Crippen LogP contribution >= 0.6 is 0 Å². The van der Waals surface area contributed by atoms with Crippen LogP contribution in [-0.2, 0) is 19.1 Å². The summed E-state index contributed by atoms with van der Waals surface area (Å²) < 4.78 is 5.03. The van der Waals surface area contributed by atoms with Crippen LogP contribution in [0.1, 0.15) is 80.6 Å². The first-order valence-electron chi connectivity index (χ1n) is 11.0. The lowest BCUT2D eigenvalue weighted by molar-refractivity contribution is -0.138. The van der Waals surface area contributed by atoms with E-state index >= 15 is 0 Å². The van der Waals surface area contributed by atoms with Gasteiger partial charge in [0, 0.05) is 18.0 Å². The van der Waals surface area contributed by atoms with Gasteiger partial charge in [-0.15, -0.1) is 0 Å². The standard InChI is InChI=1S/C23H42N2O4/c1-9-13-14-23(10-2,11-3)22(28)24-16-20(26)25(8)19(17(5)6)15-18(7)21(27)29-12-4/h15,17,19H,9-14,16H2,1-8H3,(H,24,28)/b18-15+/t19-/m1/s1. The fourth-order valence-corrected chi connectivity index (χ4v) is 3.51. The Labute approximate surface area is 177 Å². The van der Waals surface area contributed by atoms with Gasteiger partial charge in [0.05, 0.1) is 19.2 Å². The highest BCUT2D eigenvalue weighted by atomic mass is 16.5. The van der Waals surface area contributed by atoms with Crippen LogP contribution < -0.4 is 5.32 Å². The Morgan fingerprint density at radius 1 is 1.10 bits per heavy atom. The van der Waals surface area contributed by atoms with Crippen molar-refractivity contribution in [3.63, 3.8) is 0 Å². The summed E-state index contributed by atoms with van der Waals surface area (Å²) in [5.41, 5.74) is 0.0666. The number of hydrogen-bond acceptors (Lipinski definition) is 4. The first kappa shape index (κ1) is 27.1. The minimum atomic E-state index is -0.410. The van der Waals surface area contributed by atoms with E-state index in [9.17, 15) is 14.4 Å². The van der Waals surface area contributed by atoms with Crippen LogP contribution in [0.15, 0.2) is 11.6 Å². The van der Waals surface area contributed by atoms with E-state index in [1.165, 1.54) is 0 Å². The summed E-state index contributed by atoms with van der Waals surface area (Å²) in [7, 11) is 1.71. The number of esters is 1. The molecule has 0 saturated carbocycles. The van der Waals surface area contributed by atoms with Gasteiger partial charge in [-0.3, -0.25) is 9.59 Å². The molecule has 1 N–H and O–H groups in total. The van der Waals surface area contributed by atoms with Gasteiger partial charge in [0.25, 0.3) is 0 Å². The minimum absolute atomic E-state index is 0.0429. The Hall–Kier alpha value is -1.85. The Bertz CT molecular complexity index is 565. The summed E-state index contributed by atoms with van der Waals surface area (Å²) in [5, 5.41) is 2.86. The quantitative estimate of drug-likeness (QED) is 0.366. The average Bonchev–Trinajstić information content (AvgIpc) is 2.70. The molecule has 0 aliphatic carbocycles. The molecule has 0 unspecified atom stereocenters. The highest BCUT2D eigenvalue weighted by Crippen LogP contribution is 2.32. The van der Waals surface area contributed by atoms with Gasteiger partial charge in [0.15, 0.2) is 0 Å². The predicted octanol–water partition coefficient (Wildman–Crippen LogP) is 4.09. The molecule has 0 heterocycles. The van der Waals surface area contributed by atoms with Crippen molar-refractivity contribution in [3.8, 4) is 0 Å². The van der Waals surface area contributed by atoms with Gasteiger partial charge in [0.1, 0.15) is 0 Å². The van der Waals surface area contributed by atoms with E-state index in [4.69, 9.17) is 4.74 Å². The molecule has 0 saturated heterocycles. The molecule has 0 aromatic carbocycles. The molecule has 168 valence electrons. The molecule has 6 heteroatoms. The normalized spacial score (nSPS) is 13.2. The molecule has 1 atom stereocenters. The zero-order valence-electron chi connectivity index (χ0n) is 19.8. The lowest BCUT2D eigenvalue weighted by atomic mass is 9.77. The van der Waals surface area contributed by atoms with Gasteiger partial charge in [-0.1, -0.05) is 53.5 Å². The summed E-state index contributed by atoms with van der Waals surface area (Å²) in [6, 6.07) is -0.258. The average molecular weight is 411 g/mol. The smallest absolute Gasteiger partial charge is 0.333 e. The van der Waals surface area contributed by atoms with Crippen molar-refractivity contribution in [2.75, 3.05) is 20.2 Å². The lowest BCUT2D eigenvalue weighted by Gasteiger charge is -2.32. The molecule has 0 spiro atoms. The van der Waals surface area contributed by atoms with Crippen molar-refractivity contribution in [3.05, 3.63) is 11.6 Å². The Balaban J connectivity index is 5.18. The van der Waals surface area contributed by atoms with Gasteiger partial charge in [-0.2, -0.15) is 0 Å². The number of ether oxygens (including phenoxy) is 1. The van der Waals surface area contributed by atoms with Crippen molar-refractivity contribution >= 4 is 17.8 Å². The Morgan fingerprint density at radius 2 is 1.69 bits per heavy atom. The highest BCUT2D eigenvalue weighted by molar-refractivity contribution is 5.89. The molecule has 0 aromatic heterocycles. The molecule has 0 aromatic rings. The van der Waals surface area contributed by atoms with E-state index < -0.39 is 5.41 Å². The van der Waals surface area contributed by atoms with Crippen molar-refractivity contribution in [1.82, 2.24) is 10.2 Å². The zero-order chi connectivity index (χ0) is 22.6. The fraction of sp³-hybridized carbons (Fsp3) is 0.783. The summed E-state index contributed by atoms with van der Waals surface area (Å²) in [4.78, 5) is 39.1.